The van der Waals surface area contributed by atoms with Gasteiger partial charge in [0.25, 0.3) is 5.92 Å². The highest BCUT2D eigenvalue weighted by molar-refractivity contribution is 9.10. The summed E-state index contributed by atoms with van der Waals surface area (Å²) < 4.78 is 36.4. The van der Waals surface area contributed by atoms with E-state index in [1.165, 1.54) is 0 Å². The van der Waals surface area contributed by atoms with E-state index in [0.29, 0.717) is 11.5 Å². The van der Waals surface area contributed by atoms with Crippen LogP contribution in [-0.4, -0.2) is 19.6 Å². The summed E-state index contributed by atoms with van der Waals surface area (Å²) >= 11 is 3.30. The van der Waals surface area contributed by atoms with Crippen LogP contribution in [0.2, 0.25) is 0 Å². The number of alkyl halides is 2. The Labute approximate surface area is 101 Å². The monoisotopic (exact) mass is 292 g/mol. The molecular weight excluding hydrogens is 282 g/mol. The molecule has 0 aliphatic heterocycles. The van der Waals surface area contributed by atoms with Gasteiger partial charge in [-0.3, -0.25) is 0 Å². The fourth-order valence-corrected chi connectivity index (χ4v) is 1.79. The van der Waals surface area contributed by atoms with Crippen LogP contribution in [0.3, 0.4) is 0 Å². The summed E-state index contributed by atoms with van der Waals surface area (Å²) in [6, 6.07) is 5.15. The molecule has 0 unspecified atom stereocenters. The predicted octanol–water partition coefficient (Wildman–Crippen LogP) is 3.49. The lowest BCUT2D eigenvalue weighted by molar-refractivity contribution is 0.0856. The molecule has 1 aliphatic rings. The first-order valence-electron chi connectivity index (χ1n) is 4.87. The van der Waals surface area contributed by atoms with Gasteiger partial charge in [0.2, 0.25) is 0 Å². The molecule has 1 aliphatic carbocycles. The van der Waals surface area contributed by atoms with E-state index in [0.717, 1.165) is 4.47 Å². The van der Waals surface area contributed by atoms with Crippen molar-refractivity contribution in [2.45, 2.75) is 12.3 Å². The first-order chi connectivity index (χ1) is 7.53. The van der Waals surface area contributed by atoms with Gasteiger partial charge in [0, 0.05) is 12.5 Å². The summed E-state index contributed by atoms with van der Waals surface area (Å²) in [6.45, 7) is 0.0534. The van der Waals surface area contributed by atoms with E-state index >= 15 is 0 Å². The molecule has 0 radical (unpaired) electrons. The highest BCUT2D eigenvalue weighted by Crippen LogP contribution is 2.48. The zero-order valence-electron chi connectivity index (χ0n) is 8.67. The van der Waals surface area contributed by atoms with Crippen molar-refractivity contribution >= 4 is 15.9 Å². The quantitative estimate of drug-likeness (QED) is 0.846. The Morgan fingerprint density at radius 1 is 1.50 bits per heavy atom. The van der Waals surface area contributed by atoms with E-state index in [-0.39, 0.29) is 13.0 Å². The van der Waals surface area contributed by atoms with Gasteiger partial charge >= 0.3 is 0 Å². The van der Waals surface area contributed by atoms with Gasteiger partial charge in [-0.25, -0.2) is 8.78 Å². The maximum Gasteiger partial charge on any atom is 0.255 e. The minimum atomic E-state index is -2.53. The second-order valence-corrected chi connectivity index (χ2v) is 4.62. The van der Waals surface area contributed by atoms with Crippen molar-refractivity contribution < 1.29 is 18.3 Å². The van der Waals surface area contributed by atoms with Gasteiger partial charge in [-0.2, -0.15) is 0 Å². The minimum Gasteiger partial charge on any atom is -0.495 e. The zero-order valence-corrected chi connectivity index (χ0v) is 10.3. The highest BCUT2D eigenvalue weighted by Gasteiger charge is 2.57. The number of rotatable bonds is 4. The average Bonchev–Trinajstić information content (AvgIpc) is 2.85. The molecule has 1 aromatic rings. The molecule has 0 heterocycles. The molecule has 2 rings (SSSR count). The molecule has 1 saturated carbocycles. The van der Waals surface area contributed by atoms with Crippen molar-refractivity contribution in [1.82, 2.24) is 0 Å². The molecule has 0 spiro atoms. The molecular formula is C11H11BrF2O2. The SMILES string of the molecule is COc1cc(OC[C@@H]2CC2(F)F)ccc1Br. The second-order valence-electron chi connectivity index (χ2n) is 3.77. The molecule has 5 heteroatoms. The summed E-state index contributed by atoms with van der Waals surface area (Å²) in [5, 5.41) is 0. The molecule has 0 saturated heterocycles. The summed E-state index contributed by atoms with van der Waals surface area (Å²) in [7, 11) is 1.54. The molecule has 0 N–H and O–H groups in total. The third-order valence-corrected chi connectivity index (χ3v) is 3.18. The van der Waals surface area contributed by atoms with Crippen LogP contribution in [-0.2, 0) is 0 Å². The largest absolute Gasteiger partial charge is 0.495 e. The third kappa shape index (κ3) is 2.45. The van der Waals surface area contributed by atoms with Crippen LogP contribution in [0.4, 0.5) is 8.78 Å². The van der Waals surface area contributed by atoms with Crippen molar-refractivity contribution in [3.63, 3.8) is 0 Å². The van der Waals surface area contributed by atoms with E-state index in [4.69, 9.17) is 9.47 Å². The first-order valence-corrected chi connectivity index (χ1v) is 5.66. The number of methoxy groups -OCH3 is 1. The van der Waals surface area contributed by atoms with Crippen molar-refractivity contribution in [2.24, 2.45) is 5.92 Å². The Kier molecular flexibility index (Phi) is 3.06. The van der Waals surface area contributed by atoms with Crippen LogP contribution < -0.4 is 9.47 Å². The van der Waals surface area contributed by atoms with Crippen LogP contribution in [0.5, 0.6) is 11.5 Å². The first kappa shape index (κ1) is 11.6. The summed E-state index contributed by atoms with van der Waals surface area (Å²) in [6.07, 6.45) is -0.0688. The van der Waals surface area contributed by atoms with Gasteiger partial charge in [0.05, 0.1) is 24.1 Å². The Bertz CT molecular complexity index is 396. The van der Waals surface area contributed by atoms with Crippen molar-refractivity contribution in [3.05, 3.63) is 22.7 Å². The molecule has 88 valence electrons. The Morgan fingerprint density at radius 2 is 2.19 bits per heavy atom. The van der Waals surface area contributed by atoms with E-state index < -0.39 is 11.8 Å². The summed E-state index contributed by atoms with van der Waals surface area (Å²) in [5.41, 5.74) is 0. The number of benzene rings is 1. The summed E-state index contributed by atoms with van der Waals surface area (Å²) in [5.74, 6) is -2.00. The van der Waals surface area contributed by atoms with Crippen molar-refractivity contribution in [1.29, 1.82) is 0 Å². The number of ether oxygens (including phenoxy) is 2. The Hall–Kier alpha value is -0.840. The van der Waals surface area contributed by atoms with Crippen LogP contribution in [0.15, 0.2) is 22.7 Å². The smallest absolute Gasteiger partial charge is 0.255 e. The van der Waals surface area contributed by atoms with Gasteiger partial charge in [-0.05, 0) is 28.1 Å². The van der Waals surface area contributed by atoms with Crippen LogP contribution in [0, 0.1) is 5.92 Å². The normalized spacial score (nSPS) is 21.6. The lowest BCUT2D eigenvalue weighted by Gasteiger charge is -2.08. The van der Waals surface area contributed by atoms with E-state index in [2.05, 4.69) is 15.9 Å². The van der Waals surface area contributed by atoms with E-state index in [9.17, 15) is 8.78 Å². The maximum absolute atomic E-state index is 12.6. The van der Waals surface area contributed by atoms with Crippen LogP contribution in [0.25, 0.3) is 0 Å². The molecule has 1 fully saturated rings. The Morgan fingerprint density at radius 3 is 2.75 bits per heavy atom. The van der Waals surface area contributed by atoms with Gasteiger partial charge in [-0.15, -0.1) is 0 Å². The fourth-order valence-electron chi connectivity index (χ4n) is 1.38. The molecule has 0 amide bonds. The molecule has 0 bridgehead atoms. The topological polar surface area (TPSA) is 18.5 Å². The lowest BCUT2D eigenvalue weighted by Crippen LogP contribution is -2.05. The van der Waals surface area contributed by atoms with Crippen molar-refractivity contribution in [2.75, 3.05) is 13.7 Å². The average molecular weight is 293 g/mol. The Balaban J connectivity index is 1.95. The number of hydrogen-bond acceptors (Lipinski definition) is 2. The standard InChI is InChI=1S/C11H11BrF2O2/c1-15-10-4-8(2-3-9(10)12)16-6-7-5-11(7,13)14/h2-4,7H,5-6H2,1H3/t7-/m0/s1. The van der Waals surface area contributed by atoms with E-state index in [1.807, 2.05) is 0 Å². The van der Waals surface area contributed by atoms with Gasteiger partial charge < -0.3 is 9.47 Å². The van der Waals surface area contributed by atoms with Gasteiger partial charge in [0.15, 0.2) is 0 Å². The number of halogens is 3. The highest BCUT2D eigenvalue weighted by atomic mass is 79.9. The van der Waals surface area contributed by atoms with Crippen molar-refractivity contribution in [3.8, 4) is 11.5 Å². The maximum atomic E-state index is 12.6. The molecule has 2 nitrogen and oxygen atoms in total. The molecule has 1 atom stereocenters. The lowest BCUT2D eigenvalue weighted by atomic mass is 10.3. The molecule has 1 aromatic carbocycles. The van der Waals surface area contributed by atoms with Crippen LogP contribution in [0.1, 0.15) is 6.42 Å². The second kappa shape index (κ2) is 4.20. The fraction of sp³-hybridized carbons (Fsp3) is 0.455. The molecule has 0 aromatic heterocycles. The van der Waals surface area contributed by atoms with E-state index in [1.54, 1.807) is 25.3 Å². The minimum absolute atomic E-state index is 0.0534. The molecule has 16 heavy (non-hydrogen) atoms. The summed E-state index contributed by atoms with van der Waals surface area (Å²) in [4.78, 5) is 0. The third-order valence-electron chi connectivity index (χ3n) is 2.53. The van der Waals surface area contributed by atoms with Crippen LogP contribution >= 0.6 is 15.9 Å². The van der Waals surface area contributed by atoms with Gasteiger partial charge in [-0.1, -0.05) is 0 Å². The number of hydrogen-bond donors (Lipinski definition) is 0. The van der Waals surface area contributed by atoms with Gasteiger partial charge in [0.1, 0.15) is 11.5 Å². The zero-order chi connectivity index (χ0) is 11.8. The predicted molar refractivity (Wildman–Crippen MR) is 59.2 cm³/mol.